The largest absolute Gasteiger partial charge is 0.322 e. The molecule has 0 atom stereocenters. The molecule has 1 heterocycles. The van der Waals surface area contributed by atoms with Gasteiger partial charge in [-0.25, -0.2) is 8.42 Å². The minimum absolute atomic E-state index is 0.0493. The van der Waals surface area contributed by atoms with E-state index in [2.05, 4.69) is 10.0 Å². The zero-order chi connectivity index (χ0) is 24.5. The second-order valence-electron chi connectivity index (χ2n) is 8.08. The third-order valence-electron chi connectivity index (χ3n) is 5.45. The molecule has 9 heteroatoms. The summed E-state index contributed by atoms with van der Waals surface area (Å²) in [6, 6.07) is 17.8. The number of nitrogens with one attached hydrogen (secondary N) is 2. The molecule has 1 aliphatic rings. The van der Waals surface area contributed by atoms with E-state index in [1.54, 1.807) is 37.3 Å². The lowest BCUT2D eigenvalue weighted by Crippen LogP contribution is -2.28. The van der Waals surface area contributed by atoms with Gasteiger partial charge in [0, 0.05) is 29.8 Å². The van der Waals surface area contributed by atoms with Gasteiger partial charge in [-0.1, -0.05) is 18.2 Å². The molecule has 0 aliphatic carbocycles. The molecule has 3 amide bonds. The van der Waals surface area contributed by atoms with E-state index in [0.29, 0.717) is 28.2 Å². The molecule has 0 unspecified atom stereocenters. The number of benzene rings is 3. The number of hydrogen-bond donors (Lipinski definition) is 2. The van der Waals surface area contributed by atoms with Gasteiger partial charge in [0.25, 0.3) is 15.9 Å². The van der Waals surface area contributed by atoms with Crippen LogP contribution in [0.4, 0.5) is 17.1 Å². The van der Waals surface area contributed by atoms with E-state index in [1.165, 1.54) is 30.3 Å². The van der Waals surface area contributed by atoms with Gasteiger partial charge < -0.3 is 5.32 Å². The predicted molar refractivity (Wildman–Crippen MR) is 129 cm³/mol. The van der Waals surface area contributed by atoms with Crippen molar-refractivity contribution >= 4 is 44.8 Å². The average Bonchev–Trinajstić information content (AvgIpc) is 3.12. The van der Waals surface area contributed by atoms with Crippen LogP contribution in [0, 0.1) is 13.8 Å². The number of hydrogen-bond acceptors (Lipinski definition) is 5. The van der Waals surface area contributed by atoms with Crippen LogP contribution in [0.25, 0.3) is 0 Å². The van der Waals surface area contributed by atoms with Gasteiger partial charge in [-0.2, -0.15) is 0 Å². The van der Waals surface area contributed by atoms with E-state index in [0.717, 1.165) is 10.5 Å². The van der Waals surface area contributed by atoms with Crippen LogP contribution in [0.15, 0.2) is 71.6 Å². The molecule has 1 fully saturated rings. The van der Waals surface area contributed by atoms with Gasteiger partial charge in [0.05, 0.1) is 10.6 Å². The summed E-state index contributed by atoms with van der Waals surface area (Å²) in [5.41, 5.74) is 2.92. The number of sulfonamides is 1. The Hall–Kier alpha value is -3.98. The lowest BCUT2D eigenvalue weighted by atomic mass is 10.1. The van der Waals surface area contributed by atoms with Crippen molar-refractivity contribution in [3.05, 3.63) is 83.4 Å². The minimum atomic E-state index is -3.88. The van der Waals surface area contributed by atoms with Crippen molar-refractivity contribution in [2.24, 2.45) is 0 Å². The standard InChI is InChI=1S/C25H23N3O5S/c1-16-4-3-5-20(14-16)27-34(32,33)22-15-19(9-6-17(22)2)26-25(31)18-7-10-21(11-8-18)28-23(29)12-13-24(28)30/h3-11,14-15,27H,12-13H2,1-2H3,(H,26,31). The predicted octanol–water partition coefficient (Wildman–Crippen LogP) is 4.01. The van der Waals surface area contributed by atoms with E-state index >= 15 is 0 Å². The summed E-state index contributed by atoms with van der Waals surface area (Å²) in [7, 11) is -3.88. The highest BCUT2D eigenvalue weighted by atomic mass is 32.2. The highest BCUT2D eigenvalue weighted by Crippen LogP contribution is 2.25. The number of nitrogens with zero attached hydrogens (tertiary/aromatic N) is 1. The molecule has 174 valence electrons. The summed E-state index contributed by atoms with van der Waals surface area (Å²) in [4.78, 5) is 37.7. The number of amides is 3. The second kappa shape index (κ2) is 9.11. The molecular formula is C25H23N3O5S. The van der Waals surface area contributed by atoms with Crippen LogP contribution in [0.2, 0.25) is 0 Å². The van der Waals surface area contributed by atoms with Crippen molar-refractivity contribution in [3.63, 3.8) is 0 Å². The van der Waals surface area contributed by atoms with E-state index in [1.807, 2.05) is 13.0 Å². The maximum Gasteiger partial charge on any atom is 0.262 e. The lowest BCUT2D eigenvalue weighted by Gasteiger charge is -2.15. The first-order valence-corrected chi connectivity index (χ1v) is 12.1. The van der Waals surface area contributed by atoms with Crippen LogP contribution in [-0.4, -0.2) is 26.1 Å². The molecule has 0 spiro atoms. The van der Waals surface area contributed by atoms with Crippen molar-refractivity contribution in [2.45, 2.75) is 31.6 Å². The maximum absolute atomic E-state index is 13.0. The van der Waals surface area contributed by atoms with Crippen LogP contribution in [0.5, 0.6) is 0 Å². The van der Waals surface area contributed by atoms with Crippen molar-refractivity contribution in [1.82, 2.24) is 0 Å². The van der Waals surface area contributed by atoms with Gasteiger partial charge in [-0.05, 0) is 73.5 Å². The van der Waals surface area contributed by atoms with E-state index < -0.39 is 15.9 Å². The Morgan fingerprint density at radius 1 is 0.853 bits per heavy atom. The van der Waals surface area contributed by atoms with Crippen molar-refractivity contribution in [2.75, 3.05) is 14.9 Å². The zero-order valence-electron chi connectivity index (χ0n) is 18.7. The number of rotatable bonds is 6. The molecule has 0 bridgehead atoms. The first-order chi connectivity index (χ1) is 16.1. The first kappa shape index (κ1) is 23.2. The molecule has 34 heavy (non-hydrogen) atoms. The fraction of sp³-hybridized carbons (Fsp3) is 0.160. The van der Waals surface area contributed by atoms with Crippen molar-refractivity contribution < 1.29 is 22.8 Å². The molecule has 0 radical (unpaired) electrons. The van der Waals surface area contributed by atoms with Gasteiger partial charge in [0.1, 0.15) is 0 Å². The summed E-state index contributed by atoms with van der Waals surface area (Å²) >= 11 is 0. The third-order valence-corrected chi connectivity index (χ3v) is 6.97. The topological polar surface area (TPSA) is 113 Å². The quantitative estimate of drug-likeness (QED) is 0.521. The number of aryl methyl sites for hydroxylation is 2. The molecule has 1 aliphatic heterocycles. The highest BCUT2D eigenvalue weighted by Gasteiger charge is 2.30. The lowest BCUT2D eigenvalue weighted by molar-refractivity contribution is -0.121. The Morgan fingerprint density at radius 2 is 1.53 bits per heavy atom. The summed E-state index contributed by atoms with van der Waals surface area (Å²) in [5.74, 6) is -0.991. The first-order valence-electron chi connectivity index (χ1n) is 10.6. The van der Waals surface area contributed by atoms with E-state index in [4.69, 9.17) is 0 Å². The van der Waals surface area contributed by atoms with Gasteiger partial charge in [-0.15, -0.1) is 0 Å². The molecule has 0 saturated carbocycles. The Bertz CT molecular complexity index is 1380. The Balaban J connectivity index is 1.52. The molecule has 2 N–H and O–H groups in total. The summed E-state index contributed by atoms with van der Waals surface area (Å²) in [5, 5.41) is 2.70. The van der Waals surface area contributed by atoms with Crippen LogP contribution in [0.1, 0.15) is 34.3 Å². The number of carbonyl (C=O) groups is 3. The van der Waals surface area contributed by atoms with Gasteiger partial charge >= 0.3 is 0 Å². The van der Waals surface area contributed by atoms with Crippen LogP contribution < -0.4 is 14.9 Å². The highest BCUT2D eigenvalue weighted by molar-refractivity contribution is 7.92. The smallest absolute Gasteiger partial charge is 0.262 e. The van der Waals surface area contributed by atoms with Gasteiger partial charge in [0.2, 0.25) is 11.8 Å². The van der Waals surface area contributed by atoms with Crippen molar-refractivity contribution in [3.8, 4) is 0 Å². The average molecular weight is 478 g/mol. The zero-order valence-corrected chi connectivity index (χ0v) is 19.5. The second-order valence-corrected chi connectivity index (χ2v) is 9.73. The Kier molecular flexibility index (Phi) is 6.21. The van der Waals surface area contributed by atoms with Gasteiger partial charge in [0.15, 0.2) is 0 Å². The van der Waals surface area contributed by atoms with Gasteiger partial charge in [-0.3, -0.25) is 24.0 Å². The number of carbonyl (C=O) groups excluding carboxylic acids is 3. The molecule has 3 aromatic carbocycles. The molecular weight excluding hydrogens is 454 g/mol. The summed E-state index contributed by atoms with van der Waals surface area (Å²) in [6.07, 6.45) is 0.358. The normalized spacial score (nSPS) is 13.8. The molecule has 1 saturated heterocycles. The Labute approximate surface area is 197 Å². The molecule has 3 aromatic rings. The molecule has 4 rings (SSSR count). The van der Waals surface area contributed by atoms with Crippen molar-refractivity contribution in [1.29, 1.82) is 0 Å². The maximum atomic E-state index is 13.0. The monoisotopic (exact) mass is 477 g/mol. The van der Waals surface area contributed by atoms with E-state index in [9.17, 15) is 22.8 Å². The molecule has 8 nitrogen and oxygen atoms in total. The van der Waals surface area contributed by atoms with Crippen LogP contribution in [0.3, 0.4) is 0 Å². The Morgan fingerprint density at radius 3 is 2.18 bits per heavy atom. The van der Waals surface area contributed by atoms with Crippen LogP contribution in [-0.2, 0) is 19.6 Å². The summed E-state index contributed by atoms with van der Waals surface area (Å²) in [6.45, 7) is 3.54. The minimum Gasteiger partial charge on any atom is -0.322 e. The number of anilines is 3. The number of imide groups is 1. The summed E-state index contributed by atoms with van der Waals surface area (Å²) < 4.78 is 28.5. The third kappa shape index (κ3) is 4.84. The van der Waals surface area contributed by atoms with Crippen LogP contribution >= 0.6 is 0 Å². The SMILES string of the molecule is Cc1cccc(NS(=O)(=O)c2cc(NC(=O)c3ccc(N4C(=O)CCC4=O)cc3)ccc2C)c1. The molecule has 0 aromatic heterocycles. The van der Waals surface area contributed by atoms with E-state index in [-0.39, 0.29) is 29.6 Å². The fourth-order valence-electron chi connectivity index (χ4n) is 3.72. The fourth-order valence-corrected chi connectivity index (χ4v) is 5.04.